The molecule has 0 spiro atoms. The van der Waals surface area contributed by atoms with Crippen LogP contribution in [0.1, 0.15) is 13.3 Å². The number of rotatable bonds is 4. The topological polar surface area (TPSA) is 52.6 Å². The van der Waals surface area contributed by atoms with Crippen molar-refractivity contribution in [3.8, 4) is 11.5 Å². The molecule has 0 radical (unpaired) electrons. The fraction of sp³-hybridized carbons (Fsp3) is 0.167. The quantitative estimate of drug-likeness (QED) is 0.443. The molecule has 0 aliphatic rings. The molecular weight excluding hydrogens is 208 g/mol. The van der Waals surface area contributed by atoms with Crippen molar-refractivity contribution < 1.29 is 19.1 Å². The van der Waals surface area contributed by atoms with E-state index in [1.807, 2.05) is 0 Å². The Morgan fingerprint density at radius 3 is 2.12 bits per heavy atom. The van der Waals surface area contributed by atoms with E-state index in [9.17, 15) is 9.59 Å². The van der Waals surface area contributed by atoms with Crippen LogP contribution in [0.15, 0.2) is 36.9 Å². The first kappa shape index (κ1) is 12.0. The normalized spacial score (nSPS) is 9.31. The molecule has 0 N–H and O–H groups in total. The number of esters is 2. The monoisotopic (exact) mass is 220 g/mol. The van der Waals surface area contributed by atoms with Gasteiger partial charge in [0.25, 0.3) is 0 Å². The fourth-order valence-electron chi connectivity index (χ4n) is 0.937. The van der Waals surface area contributed by atoms with Gasteiger partial charge in [-0.05, 0) is 24.3 Å². The summed E-state index contributed by atoms with van der Waals surface area (Å²) in [6.07, 6.45) is 1.39. The molecule has 0 bridgehead atoms. The first-order chi connectivity index (χ1) is 7.65. The Labute approximate surface area is 93.5 Å². The van der Waals surface area contributed by atoms with Gasteiger partial charge in [0, 0.05) is 12.5 Å². The number of ether oxygens (including phenoxy) is 2. The van der Waals surface area contributed by atoms with Gasteiger partial charge in [0.1, 0.15) is 11.5 Å². The van der Waals surface area contributed by atoms with Crippen molar-refractivity contribution in [1.82, 2.24) is 0 Å². The van der Waals surface area contributed by atoms with Crippen LogP contribution in [-0.2, 0) is 9.59 Å². The summed E-state index contributed by atoms with van der Waals surface area (Å²) in [5.74, 6) is -0.0411. The zero-order chi connectivity index (χ0) is 12.0. The Kier molecular flexibility index (Phi) is 4.27. The first-order valence-corrected chi connectivity index (χ1v) is 4.80. The molecule has 0 aliphatic heterocycles. The van der Waals surface area contributed by atoms with Gasteiger partial charge in [-0.15, -0.1) is 0 Å². The van der Waals surface area contributed by atoms with Crippen LogP contribution in [0.2, 0.25) is 0 Å². The molecule has 0 fully saturated rings. The minimum absolute atomic E-state index is 0.309. The lowest BCUT2D eigenvalue weighted by atomic mass is 10.3. The molecule has 84 valence electrons. The van der Waals surface area contributed by atoms with Gasteiger partial charge >= 0.3 is 11.9 Å². The molecule has 0 amide bonds. The van der Waals surface area contributed by atoms with E-state index in [2.05, 4.69) is 6.58 Å². The second-order valence-electron chi connectivity index (χ2n) is 2.92. The third kappa shape index (κ3) is 3.57. The molecule has 0 saturated heterocycles. The number of benzene rings is 1. The molecule has 4 nitrogen and oxygen atoms in total. The Bertz CT molecular complexity index is 392. The van der Waals surface area contributed by atoms with Gasteiger partial charge < -0.3 is 9.47 Å². The van der Waals surface area contributed by atoms with Crippen LogP contribution in [-0.4, -0.2) is 11.9 Å². The Morgan fingerprint density at radius 1 is 1.19 bits per heavy atom. The molecule has 1 rings (SSSR count). The Morgan fingerprint density at radius 2 is 1.69 bits per heavy atom. The largest absolute Gasteiger partial charge is 0.427 e. The maximum Gasteiger partial charge on any atom is 0.335 e. The standard InChI is InChI=1S/C12H12O4/c1-3-11(13)15-9-5-7-10(8-6-9)16-12(14)4-2/h3,5-8H,1,4H2,2H3. The summed E-state index contributed by atoms with van der Waals surface area (Å²) >= 11 is 0. The molecule has 0 unspecified atom stereocenters. The highest BCUT2D eigenvalue weighted by atomic mass is 16.5. The van der Waals surface area contributed by atoms with Crippen LogP contribution in [0.5, 0.6) is 11.5 Å². The second kappa shape index (κ2) is 5.70. The van der Waals surface area contributed by atoms with E-state index in [1.54, 1.807) is 31.2 Å². The lowest BCUT2D eigenvalue weighted by Crippen LogP contribution is -2.06. The molecule has 1 aromatic rings. The van der Waals surface area contributed by atoms with Crippen LogP contribution in [0.4, 0.5) is 0 Å². The van der Waals surface area contributed by atoms with E-state index in [0.717, 1.165) is 6.08 Å². The van der Waals surface area contributed by atoms with Crippen molar-refractivity contribution in [3.63, 3.8) is 0 Å². The summed E-state index contributed by atoms with van der Waals surface area (Å²) in [6.45, 7) is 4.99. The number of hydrogen-bond acceptors (Lipinski definition) is 4. The average molecular weight is 220 g/mol. The lowest BCUT2D eigenvalue weighted by Gasteiger charge is -2.04. The molecular formula is C12H12O4. The van der Waals surface area contributed by atoms with Crippen molar-refractivity contribution in [2.24, 2.45) is 0 Å². The van der Waals surface area contributed by atoms with Gasteiger partial charge in [-0.2, -0.15) is 0 Å². The minimum atomic E-state index is -0.529. The van der Waals surface area contributed by atoms with Gasteiger partial charge in [0.05, 0.1) is 0 Å². The van der Waals surface area contributed by atoms with E-state index in [0.29, 0.717) is 17.9 Å². The fourth-order valence-corrected chi connectivity index (χ4v) is 0.937. The SMILES string of the molecule is C=CC(=O)Oc1ccc(OC(=O)CC)cc1. The molecule has 16 heavy (non-hydrogen) atoms. The van der Waals surface area contributed by atoms with Crippen LogP contribution in [0.3, 0.4) is 0 Å². The number of carbonyl (C=O) groups is 2. The molecule has 0 aromatic heterocycles. The summed E-state index contributed by atoms with van der Waals surface area (Å²) in [6, 6.07) is 6.19. The zero-order valence-electron chi connectivity index (χ0n) is 8.93. The van der Waals surface area contributed by atoms with E-state index in [4.69, 9.17) is 9.47 Å². The summed E-state index contributed by atoms with van der Waals surface area (Å²) in [7, 11) is 0. The molecule has 0 atom stereocenters. The zero-order valence-corrected chi connectivity index (χ0v) is 8.93. The summed E-state index contributed by atoms with van der Waals surface area (Å²) in [4.78, 5) is 21.8. The maximum absolute atomic E-state index is 11.0. The van der Waals surface area contributed by atoms with Gasteiger partial charge in [0.2, 0.25) is 0 Å². The van der Waals surface area contributed by atoms with Crippen LogP contribution < -0.4 is 9.47 Å². The number of hydrogen-bond donors (Lipinski definition) is 0. The first-order valence-electron chi connectivity index (χ1n) is 4.80. The second-order valence-corrected chi connectivity index (χ2v) is 2.92. The maximum atomic E-state index is 11.0. The van der Waals surface area contributed by atoms with Crippen LogP contribution >= 0.6 is 0 Å². The molecule has 4 heteroatoms. The van der Waals surface area contributed by atoms with Crippen molar-refractivity contribution >= 4 is 11.9 Å². The summed E-state index contributed by atoms with van der Waals surface area (Å²) in [5.41, 5.74) is 0. The van der Waals surface area contributed by atoms with E-state index in [-0.39, 0.29) is 5.97 Å². The molecule has 0 aliphatic carbocycles. The summed E-state index contributed by atoms with van der Waals surface area (Å²) < 4.78 is 9.80. The Hall–Kier alpha value is -2.10. The number of carbonyl (C=O) groups excluding carboxylic acids is 2. The van der Waals surface area contributed by atoms with E-state index >= 15 is 0 Å². The van der Waals surface area contributed by atoms with Crippen molar-refractivity contribution in [2.45, 2.75) is 13.3 Å². The highest BCUT2D eigenvalue weighted by Gasteiger charge is 2.03. The minimum Gasteiger partial charge on any atom is -0.427 e. The van der Waals surface area contributed by atoms with Gasteiger partial charge in [-0.25, -0.2) is 4.79 Å². The predicted molar refractivity (Wildman–Crippen MR) is 58.2 cm³/mol. The highest BCUT2D eigenvalue weighted by Crippen LogP contribution is 2.18. The van der Waals surface area contributed by atoms with Gasteiger partial charge in [-0.1, -0.05) is 13.5 Å². The van der Waals surface area contributed by atoms with Crippen molar-refractivity contribution in [1.29, 1.82) is 0 Å². The highest BCUT2D eigenvalue weighted by molar-refractivity contribution is 5.83. The molecule has 1 aromatic carbocycles. The van der Waals surface area contributed by atoms with Gasteiger partial charge in [0.15, 0.2) is 0 Å². The average Bonchev–Trinajstić information content (AvgIpc) is 2.31. The van der Waals surface area contributed by atoms with Crippen molar-refractivity contribution in [2.75, 3.05) is 0 Å². The predicted octanol–water partition coefficient (Wildman–Crippen LogP) is 2.09. The van der Waals surface area contributed by atoms with Crippen LogP contribution in [0, 0.1) is 0 Å². The lowest BCUT2D eigenvalue weighted by molar-refractivity contribution is -0.134. The third-order valence-corrected chi connectivity index (χ3v) is 1.73. The van der Waals surface area contributed by atoms with Crippen molar-refractivity contribution in [3.05, 3.63) is 36.9 Å². The molecule has 0 saturated carbocycles. The van der Waals surface area contributed by atoms with Gasteiger partial charge in [-0.3, -0.25) is 4.79 Å². The Balaban J connectivity index is 2.64. The third-order valence-electron chi connectivity index (χ3n) is 1.73. The van der Waals surface area contributed by atoms with E-state index in [1.165, 1.54) is 0 Å². The smallest absolute Gasteiger partial charge is 0.335 e. The van der Waals surface area contributed by atoms with E-state index < -0.39 is 5.97 Å². The summed E-state index contributed by atoms with van der Waals surface area (Å²) in [5, 5.41) is 0. The van der Waals surface area contributed by atoms with Crippen LogP contribution in [0.25, 0.3) is 0 Å². The molecule has 0 heterocycles.